The molecule has 2 aromatic rings. The molecule has 16 heavy (non-hydrogen) atoms. The van der Waals surface area contributed by atoms with Gasteiger partial charge in [-0.25, -0.2) is 4.98 Å². The van der Waals surface area contributed by atoms with E-state index in [1.165, 1.54) is 12.3 Å². The first-order chi connectivity index (χ1) is 7.72. The van der Waals surface area contributed by atoms with E-state index in [1.54, 1.807) is 25.2 Å². The number of hydrogen-bond acceptors (Lipinski definition) is 5. The molecule has 0 fully saturated rings. The Bertz CT molecular complexity index is 508. The van der Waals surface area contributed by atoms with Crippen LogP contribution >= 0.6 is 0 Å². The normalized spacial score (nSPS) is 10.1. The molecule has 0 saturated carbocycles. The maximum Gasteiger partial charge on any atom is 0.298 e. The minimum atomic E-state index is -0.482. The Labute approximate surface area is 91.1 Å². The number of nitrogens with one attached hydrogen (secondary N) is 1. The summed E-state index contributed by atoms with van der Waals surface area (Å²) in [6.45, 7) is 0. The molecule has 0 spiro atoms. The second kappa shape index (κ2) is 4.01. The van der Waals surface area contributed by atoms with Gasteiger partial charge in [-0.3, -0.25) is 10.1 Å². The van der Waals surface area contributed by atoms with Crippen LogP contribution in [0.15, 0.2) is 34.9 Å². The molecule has 2 aromatic heterocycles. The monoisotopic (exact) mass is 219 g/mol. The summed E-state index contributed by atoms with van der Waals surface area (Å²) in [5, 5.41) is 13.6. The molecule has 6 heteroatoms. The zero-order valence-corrected chi connectivity index (χ0v) is 8.51. The van der Waals surface area contributed by atoms with Crippen LogP contribution in [0, 0.1) is 10.1 Å². The minimum absolute atomic E-state index is 0.0750. The molecular formula is C10H9N3O3. The van der Waals surface area contributed by atoms with E-state index in [2.05, 4.69) is 10.3 Å². The number of furan rings is 1. The van der Waals surface area contributed by atoms with Crippen LogP contribution in [-0.4, -0.2) is 17.0 Å². The summed E-state index contributed by atoms with van der Waals surface area (Å²) in [6, 6.07) is 6.24. The summed E-state index contributed by atoms with van der Waals surface area (Å²) >= 11 is 0. The van der Waals surface area contributed by atoms with Gasteiger partial charge in [0.05, 0.1) is 11.2 Å². The molecule has 82 valence electrons. The molecule has 0 bridgehead atoms. The van der Waals surface area contributed by atoms with Crippen LogP contribution in [0.25, 0.3) is 11.5 Å². The summed E-state index contributed by atoms with van der Waals surface area (Å²) in [5.74, 6) is 0.931. The Morgan fingerprint density at radius 2 is 2.25 bits per heavy atom. The van der Waals surface area contributed by atoms with E-state index in [1.807, 2.05) is 0 Å². The summed E-state index contributed by atoms with van der Waals surface area (Å²) < 4.78 is 5.12. The van der Waals surface area contributed by atoms with E-state index < -0.39 is 4.92 Å². The van der Waals surface area contributed by atoms with Gasteiger partial charge in [0.1, 0.15) is 5.82 Å². The average Bonchev–Trinajstić information content (AvgIpc) is 2.81. The van der Waals surface area contributed by atoms with Gasteiger partial charge in [0.25, 0.3) is 5.69 Å². The van der Waals surface area contributed by atoms with Crippen molar-refractivity contribution in [1.82, 2.24) is 4.98 Å². The van der Waals surface area contributed by atoms with Crippen LogP contribution in [0.2, 0.25) is 0 Å². The summed E-state index contributed by atoms with van der Waals surface area (Å²) in [4.78, 5) is 14.4. The highest BCUT2D eigenvalue weighted by Crippen LogP contribution is 2.29. The molecule has 0 amide bonds. The summed E-state index contributed by atoms with van der Waals surface area (Å²) in [7, 11) is 1.69. The van der Waals surface area contributed by atoms with Gasteiger partial charge in [0, 0.05) is 13.1 Å². The minimum Gasteiger partial charge on any atom is -0.462 e. The van der Waals surface area contributed by atoms with E-state index >= 15 is 0 Å². The van der Waals surface area contributed by atoms with Crippen LogP contribution in [0.4, 0.5) is 11.5 Å². The molecule has 6 nitrogen and oxygen atoms in total. The van der Waals surface area contributed by atoms with Gasteiger partial charge in [0.2, 0.25) is 0 Å². The van der Waals surface area contributed by atoms with Gasteiger partial charge in [-0.15, -0.1) is 0 Å². The Hall–Kier alpha value is -2.37. The van der Waals surface area contributed by atoms with Crippen molar-refractivity contribution in [3.8, 4) is 11.5 Å². The van der Waals surface area contributed by atoms with E-state index in [0.717, 1.165) is 0 Å². The molecule has 2 heterocycles. The molecule has 0 aliphatic heterocycles. The second-order valence-electron chi connectivity index (χ2n) is 3.05. The van der Waals surface area contributed by atoms with Gasteiger partial charge in [-0.2, -0.15) is 0 Å². The van der Waals surface area contributed by atoms with E-state index in [-0.39, 0.29) is 11.4 Å². The average molecular weight is 219 g/mol. The van der Waals surface area contributed by atoms with Gasteiger partial charge in [-0.1, -0.05) is 0 Å². The van der Waals surface area contributed by atoms with Crippen LogP contribution in [0.5, 0.6) is 0 Å². The van der Waals surface area contributed by atoms with Crippen molar-refractivity contribution in [3.63, 3.8) is 0 Å². The van der Waals surface area contributed by atoms with E-state index in [9.17, 15) is 10.1 Å². The topological polar surface area (TPSA) is 81.2 Å². The number of rotatable bonds is 3. The lowest BCUT2D eigenvalue weighted by Crippen LogP contribution is -1.98. The van der Waals surface area contributed by atoms with Crippen LogP contribution < -0.4 is 5.32 Å². The first-order valence-corrected chi connectivity index (χ1v) is 4.59. The zero-order valence-electron chi connectivity index (χ0n) is 8.51. The van der Waals surface area contributed by atoms with Crippen molar-refractivity contribution >= 4 is 11.5 Å². The molecule has 2 rings (SSSR count). The molecular weight excluding hydrogens is 210 g/mol. The predicted molar refractivity (Wildman–Crippen MR) is 58.1 cm³/mol. The first-order valence-electron chi connectivity index (χ1n) is 4.59. The highest BCUT2D eigenvalue weighted by atomic mass is 16.6. The number of nitro groups is 1. The van der Waals surface area contributed by atoms with Crippen molar-refractivity contribution in [3.05, 3.63) is 40.6 Å². The fourth-order valence-electron chi connectivity index (χ4n) is 1.33. The number of hydrogen-bond donors (Lipinski definition) is 1. The van der Waals surface area contributed by atoms with Crippen LogP contribution in [0.1, 0.15) is 0 Å². The van der Waals surface area contributed by atoms with E-state index in [4.69, 9.17) is 4.42 Å². The summed E-state index contributed by atoms with van der Waals surface area (Å²) in [6.07, 6.45) is 1.45. The highest BCUT2D eigenvalue weighted by molar-refractivity contribution is 5.67. The molecule has 0 aromatic carbocycles. The standard InChI is InChI=1S/C10H9N3O3/c1-11-9-5-4-7(13(14)15)10(12-9)8-3-2-6-16-8/h2-6H,1H3,(H,11,12). The van der Waals surface area contributed by atoms with Crippen LogP contribution in [0.3, 0.4) is 0 Å². The van der Waals surface area contributed by atoms with Gasteiger partial charge < -0.3 is 9.73 Å². The molecule has 0 radical (unpaired) electrons. The molecule has 0 aliphatic rings. The fraction of sp³-hybridized carbons (Fsp3) is 0.100. The highest BCUT2D eigenvalue weighted by Gasteiger charge is 2.19. The zero-order chi connectivity index (χ0) is 11.5. The largest absolute Gasteiger partial charge is 0.462 e. The lowest BCUT2D eigenvalue weighted by atomic mass is 10.2. The third-order valence-corrected chi connectivity index (χ3v) is 2.08. The van der Waals surface area contributed by atoms with Gasteiger partial charge in [0.15, 0.2) is 11.5 Å². The maximum absolute atomic E-state index is 10.8. The molecule has 0 atom stereocenters. The smallest absolute Gasteiger partial charge is 0.298 e. The van der Waals surface area contributed by atoms with Gasteiger partial charge >= 0.3 is 0 Å². The number of anilines is 1. The molecule has 0 aliphatic carbocycles. The van der Waals surface area contributed by atoms with Crippen molar-refractivity contribution < 1.29 is 9.34 Å². The number of nitrogens with zero attached hydrogens (tertiary/aromatic N) is 2. The lowest BCUT2D eigenvalue weighted by Gasteiger charge is -2.02. The van der Waals surface area contributed by atoms with E-state index in [0.29, 0.717) is 11.6 Å². The third kappa shape index (κ3) is 1.72. The Morgan fingerprint density at radius 3 is 2.81 bits per heavy atom. The third-order valence-electron chi connectivity index (χ3n) is 2.08. The van der Waals surface area contributed by atoms with Crippen molar-refractivity contribution in [2.75, 3.05) is 12.4 Å². The number of pyridine rings is 1. The number of aromatic nitrogens is 1. The Balaban J connectivity index is 2.59. The molecule has 0 saturated heterocycles. The van der Waals surface area contributed by atoms with Crippen LogP contribution in [-0.2, 0) is 0 Å². The SMILES string of the molecule is CNc1ccc([N+](=O)[O-])c(-c2ccco2)n1. The van der Waals surface area contributed by atoms with Gasteiger partial charge in [-0.05, 0) is 18.2 Å². The fourth-order valence-corrected chi connectivity index (χ4v) is 1.33. The Morgan fingerprint density at radius 1 is 1.44 bits per heavy atom. The van der Waals surface area contributed by atoms with Crippen molar-refractivity contribution in [2.45, 2.75) is 0 Å². The Kier molecular flexibility index (Phi) is 2.55. The lowest BCUT2D eigenvalue weighted by molar-refractivity contribution is -0.384. The van der Waals surface area contributed by atoms with Crippen molar-refractivity contribution in [2.24, 2.45) is 0 Å². The maximum atomic E-state index is 10.8. The predicted octanol–water partition coefficient (Wildman–Crippen LogP) is 2.29. The van der Waals surface area contributed by atoms with Crippen molar-refractivity contribution in [1.29, 1.82) is 0 Å². The quantitative estimate of drug-likeness (QED) is 0.632. The summed E-state index contributed by atoms with van der Waals surface area (Å²) in [5.41, 5.74) is 0.149. The first kappa shape index (κ1) is 10.2. The second-order valence-corrected chi connectivity index (χ2v) is 3.05. The molecule has 1 N–H and O–H groups in total. The molecule has 0 unspecified atom stereocenters.